The molecule has 6 nitrogen and oxygen atoms in total. The van der Waals surface area contributed by atoms with Crippen LogP contribution in [0.2, 0.25) is 20.1 Å². The van der Waals surface area contributed by atoms with Gasteiger partial charge in [-0.3, -0.25) is 0 Å². The number of hydrogen-bond donors (Lipinski definition) is 2. The highest BCUT2D eigenvalue weighted by Gasteiger charge is 2.12. The molecule has 0 bridgehead atoms. The zero-order valence-corrected chi connectivity index (χ0v) is 22.2. The van der Waals surface area contributed by atoms with Crippen LogP contribution >= 0.6 is 46.4 Å². The Kier molecular flexibility index (Phi) is 10.6. The van der Waals surface area contributed by atoms with Gasteiger partial charge in [0, 0.05) is 17.4 Å². The predicted molar refractivity (Wildman–Crippen MR) is 142 cm³/mol. The third kappa shape index (κ3) is 7.00. The van der Waals surface area contributed by atoms with Gasteiger partial charge in [-0.1, -0.05) is 53.3 Å². The first-order valence-electron chi connectivity index (χ1n) is 10.9. The van der Waals surface area contributed by atoms with Crippen molar-refractivity contribution in [1.82, 2.24) is 9.97 Å². The maximum atomic E-state index is 11.9. The number of halogens is 5. The summed E-state index contributed by atoms with van der Waals surface area (Å²) in [7, 11) is 0. The van der Waals surface area contributed by atoms with Gasteiger partial charge in [0.25, 0.3) is 0 Å². The van der Waals surface area contributed by atoms with Crippen molar-refractivity contribution < 1.29 is 24.1 Å². The fraction of sp³-hybridized carbons (Fsp3) is 0.280. The lowest BCUT2D eigenvalue weighted by Crippen LogP contribution is -1.99. The number of aromatic hydroxyl groups is 2. The van der Waals surface area contributed by atoms with E-state index in [9.17, 15) is 14.6 Å². The van der Waals surface area contributed by atoms with Gasteiger partial charge in [-0.2, -0.15) is 0 Å². The normalized spacial score (nSPS) is 11.1. The van der Waals surface area contributed by atoms with E-state index in [1.807, 2.05) is 19.1 Å². The molecule has 2 heterocycles. The second-order valence-corrected chi connectivity index (χ2v) is 9.20. The van der Waals surface area contributed by atoms with Gasteiger partial charge in [-0.15, -0.1) is 0 Å². The summed E-state index contributed by atoms with van der Waals surface area (Å²) < 4.78 is 22.3. The summed E-state index contributed by atoms with van der Waals surface area (Å²) in [5, 5.41) is 22.2. The van der Waals surface area contributed by atoms with Crippen molar-refractivity contribution in [2.75, 3.05) is 19.9 Å². The van der Waals surface area contributed by atoms with Crippen LogP contribution in [0.3, 0.4) is 0 Å². The average molecular weight is 575 g/mol. The van der Waals surface area contributed by atoms with Crippen molar-refractivity contribution in [3.8, 4) is 11.5 Å². The number of phenols is 2. The Morgan fingerprint density at radius 2 is 1.17 bits per heavy atom. The van der Waals surface area contributed by atoms with Crippen molar-refractivity contribution in [2.24, 2.45) is 0 Å². The lowest BCUT2D eigenvalue weighted by atomic mass is 10.2. The zero-order chi connectivity index (χ0) is 26.2. The summed E-state index contributed by atoms with van der Waals surface area (Å²) in [6, 6.07) is 10.0. The standard InChI is InChI=1S/C13H13Cl2NO2.C12H10Cl2FNO2/c1-2-5-18-7-8-3-4-9-10(14)6-11(15)13(17)12(9)16-8;13-9-5-10(14)12(17)11-8(9)2-1-7(16-11)6-18-4-3-15/h3-4,6,17H,2,5,7H2,1H3;1-2,5,17H,3-4,6H2/i;15-1. The summed E-state index contributed by atoms with van der Waals surface area (Å²) in [4.78, 5) is 8.53. The maximum Gasteiger partial charge on any atom is 0.160 e. The topological polar surface area (TPSA) is 84.7 Å². The van der Waals surface area contributed by atoms with E-state index in [4.69, 9.17) is 55.9 Å². The van der Waals surface area contributed by atoms with Crippen LogP contribution in [-0.4, -0.2) is 40.1 Å². The van der Waals surface area contributed by atoms with Crippen LogP contribution in [0.5, 0.6) is 11.5 Å². The second kappa shape index (κ2) is 13.4. The first-order chi connectivity index (χ1) is 17.3. The van der Waals surface area contributed by atoms with E-state index in [1.165, 1.54) is 12.1 Å². The molecular formula is C25H23Cl4FN2O4. The molecule has 0 aliphatic carbocycles. The number of rotatable bonds is 8. The maximum absolute atomic E-state index is 11.9. The summed E-state index contributed by atoms with van der Waals surface area (Å²) in [5.41, 5.74) is 2.04. The predicted octanol–water partition coefficient (Wildman–Crippen LogP) is 7.91. The van der Waals surface area contributed by atoms with Crippen LogP contribution in [0.1, 0.15) is 24.7 Å². The fourth-order valence-electron chi connectivity index (χ4n) is 3.20. The van der Waals surface area contributed by atoms with E-state index in [1.54, 1.807) is 12.1 Å². The van der Waals surface area contributed by atoms with Crippen LogP contribution in [-0.2, 0) is 22.7 Å². The van der Waals surface area contributed by atoms with Crippen LogP contribution in [0.15, 0.2) is 36.4 Å². The molecule has 0 amide bonds. The first-order valence-corrected chi connectivity index (χ1v) is 12.4. The molecule has 0 aliphatic rings. The van der Waals surface area contributed by atoms with E-state index in [0.717, 1.165) is 12.1 Å². The fourth-order valence-corrected chi connectivity index (χ4v) is 4.23. The Morgan fingerprint density at radius 1 is 0.722 bits per heavy atom. The number of fused-ring (bicyclic) bond motifs is 2. The van der Waals surface area contributed by atoms with Gasteiger partial charge in [-0.25, -0.2) is 14.4 Å². The highest BCUT2D eigenvalue weighted by molar-refractivity contribution is 6.40. The van der Waals surface area contributed by atoms with Gasteiger partial charge in [0.2, 0.25) is 0 Å². The Hall–Kier alpha value is -2.13. The Balaban J connectivity index is 0.000000201. The molecule has 0 spiro atoms. The van der Waals surface area contributed by atoms with E-state index in [2.05, 4.69) is 9.97 Å². The molecule has 0 unspecified atom stereocenters. The van der Waals surface area contributed by atoms with Gasteiger partial charge in [0.05, 0.1) is 51.3 Å². The minimum Gasteiger partial charge on any atom is -0.504 e. The largest absolute Gasteiger partial charge is 0.504 e. The minimum absolute atomic E-state index is 0.0159. The highest BCUT2D eigenvalue weighted by atomic mass is 35.5. The molecule has 192 valence electrons. The van der Waals surface area contributed by atoms with Crippen molar-refractivity contribution in [3.63, 3.8) is 0 Å². The number of aromatic nitrogens is 2. The van der Waals surface area contributed by atoms with Crippen molar-refractivity contribution in [2.45, 2.75) is 26.6 Å². The van der Waals surface area contributed by atoms with Gasteiger partial charge < -0.3 is 19.7 Å². The highest BCUT2D eigenvalue weighted by Crippen LogP contribution is 2.37. The third-order valence-electron chi connectivity index (χ3n) is 4.90. The molecule has 2 N–H and O–H groups in total. The Labute approximate surface area is 227 Å². The molecule has 0 atom stereocenters. The van der Waals surface area contributed by atoms with E-state index in [0.29, 0.717) is 50.8 Å². The summed E-state index contributed by atoms with van der Waals surface area (Å²) in [6.07, 6.45) is 0.955. The molecule has 4 rings (SSSR count). The number of nitrogens with zero attached hydrogens (tertiary/aromatic N) is 2. The van der Waals surface area contributed by atoms with Crippen LogP contribution in [0.4, 0.5) is 4.39 Å². The lowest BCUT2D eigenvalue weighted by molar-refractivity contribution is 0.104. The molecule has 36 heavy (non-hydrogen) atoms. The molecule has 0 saturated carbocycles. The smallest absolute Gasteiger partial charge is 0.160 e. The molecule has 2 aromatic carbocycles. The Bertz CT molecular complexity index is 1250. The third-order valence-corrected chi connectivity index (χ3v) is 6.10. The van der Waals surface area contributed by atoms with Crippen LogP contribution in [0.25, 0.3) is 21.8 Å². The number of phenolic OH excluding ortho intramolecular Hbond substituents is 2. The number of benzene rings is 2. The summed E-state index contributed by atoms with van der Waals surface area (Å²) >= 11 is 23.7. The van der Waals surface area contributed by atoms with Gasteiger partial charge in [-0.05, 0) is 42.8 Å². The first kappa shape index (κ1) is 28.4. The SMILES string of the molecule is CCCOCc1ccc2c(Cl)cc(Cl)c(O)c2n1.Oc1c(Cl)cc(Cl)c2ccc(COCC[18F])nc12. The molecule has 4 aromatic rings. The minimum atomic E-state index is -0.545. The van der Waals surface area contributed by atoms with Crippen molar-refractivity contribution in [3.05, 3.63) is 67.9 Å². The van der Waals surface area contributed by atoms with E-state index >= 15 is 0 Å². The average Bonchev–Trinajstić information content (AvgIpc) is 2.86. The van der Waals surface area contributed by atoms with Gasteiger partial charge >= 0.3 is 0 Å². The van der Waals surface area contributed by atoms with Gasteiger partial charge in [0.1, 0.15) is 17.7 Å². The van der Waals surface area contributed by atoms with E-state index in [-0.39, 0.29) is 34.8 Å². The molecule has 0 fully saturated rings. The zero-order valence-electron chi connectivity index (χ0n) is 19.2. The number of hydrogen-bond acceptors (Lipinski definition) is 6. The molecule has 2 aromatic heterocycles. The Morgan fingerprint density at radius 3 is 1.58 bits per heavy atom. The summed E-state index contributed by atoms with van der Waals surface area (Å²) in [6.45, 7) is 2.77. The van der Waals surface area contributed by atoms with Crippen LogP contribution in [0, 0.1) is 0 Å². The molecule has 0 saturated heterocycles. The molecule has 11 heteroatoms. The number of alkyl halides is 1. The van der Waals surface area contributed by atoms with E-state index < -0.39 is 6.67 Å². The molecule has 0 aliphatic heterocycles. The lowest BCUT2D eigenvalue weighted by Gasteiger charge is -2.07. The van der Waals surface area contributed by atoms with Crippen molar-refractivity contribution >= 4 is 68.2 Å². The second-order valence-electron chi connectivity index (χ2n) is 7.57. The van der Waals surface area contributed by atoms with Crippen LogP contribution < -0.4 is 0 Å². The quantitative estimate of drug-likeness (QED) is 0.208. The number of ether oxygens (including phenoxy) is 2. The van der Waals surface area contributed by atoms with Crippen molar-refractivity contribution in [1.29, 1.82) is 0 Å². The summed E-state index contributed by atoms with van der Waals surface area (Å²) in [5.74, 6) is -0.170. The van der Waals surface area contributed by atoms with Gasteiger partial charge in [0.15, 0.2) is 11.5 Å². The monoisotopic (exact) mass is 573 g/mol. The molecule has 0 radical (unpaired) electrons. The number of pyridine rings is 2. The molecular weight excluding hydrogens is 552 g/mol.